The zero-order valence-electron chi connectivity index (χ0n) is 13.1. The molecule has 0 amide bonds. The lowest BCUT2D eigenvalue weighted by Crippen LogP contribution is -2.59. The molecular formula is C16H18F6O2S. The van der Waals surface area contributed by atoms with Crippen LogP contribution in [0.5, 0.6) is 0 Å². The number of allylic oxidation sites excluding steroid dienone is 2. The van der Waals surface area contributed by atoms with E-state index in [1.807, 2.05) is 6.08 Å². The molecule has 0 aromatic rings. The number of hydrogen-bond donors (Lipinski definition) is 1. The second kappa shape index (κ2) is 5.16. The quantitative estimate of drug-likeness (QED) is 0.344. The van der Waals surface area contributed by atoms with Gasteiger partial charge in [0.1, 0.15) is 0 Å². The highest BCUT2D eigenvalue weighted by Gasteiger charge is 2.75. The lowest BCUT2D eigenvalue weighted by Gasteiger charge is -2.41. The van der Waals surface area contributed by atoms with E-state index >= 15 is 0 Å². The van der Waals surface area contributed by atoms with Crippen LogP contribution in [0.3, 0.4) is 0 Å². The normalized spacial score (nSPS) is 42.6. The Hall–Kier alpha value is -0.730. The van der Waals surface area contributed by atoms with Crippen LogP contribution >= 0.6 is 0 Å². The maximum atomic E-state index is 13.3. The summed E-state index contributed by atoms with van der Waals surface area (Å²) in [4.78, 5) is 0. The van der Waals surface area contributed by atoms with Crippen LogP contribution in [0, 0.1) is 41.4 Å². The summed E-state index contributed by atoms with van der Waals surface area (Å²) in [6.07, 6.45) is -7.09. The van der Waals surface area contributed by atoms with E-state index in [4.69, 9.17) is 0 Å². The van der Waals surface area contributed by atoms with Crippen LogP contribution in [0.25, 0.3) is 0 Å². The SMILES string of the molecule is O=[SH](=O)C(CC1CC2CC1C1C3C=CC(C3)C21)(C(F)(F)F)C(F)(F)F. The Kier molecular flexibility index (Phi) is 3.65. The predicted octanol–water partition coefficient (Wildman–Crippen LogP) is 3.95. The van der Waals surface area contributed by atoms with Gasteiger partial charge in [0.2, 0.25) is 0 Å². The first kappa shape index (κ1) is 17.7. The predicted molar refractivity (Wildman–Crippen MR) is 77.2 cm³/mol. The van der Waals surface area contributed by atoms with Gasteiger partial charge in [-0.2, -0.15) is 26.3 Å². The summed E-state index contributed by atoms with van der Waals surface area (Å²) >= 11 is 0. The first-order chi connectivity index (χ1) is 11.5. The van der Waals surface area contributed by atoms with Crippen LogP contribution in [0.15, 0.2) is 12.2 Å². The molecule has 4 aliphatic carbocycles. The van der Waals surface area contributed by atoms with Gasteiger partial charge in [-0.3, -0.25) is 0 Å². The van der Waals surface area contributed by atoms with E-state index in [-0.39, 0.29) is 30.1 Å². The summed E-state index contributed by atoms with van der Waals surface area (Å²) in [5.74, 6) is 0.190. The number of hydrogen-bond acceptors (Lipinski definition) is 2. The molecule has 4 bridgehead atoms. The first-order valence-electron chi connectivity index (χ1n) is 8.43. The molecule has 4 rings (SSSR count). The highest BCUT2D eigenvalue weighted by Crippen LogP contribution is 2.68. The Labute approximate surface area is 142 Å². The molecule has 0 heterocycles. The fourth-order valence-corrected chi connectivity index (χ4v) is 7.24. The zero-order chi connectivity index (χ0) is 18.4. The summed E-state index contributed by atoms with van der Waals surface area (Å²) < 4.78 is 97.8. The molecule has 0 aliphatic heterocycles. The van der Waals surface area contributed by atoms with Gasteiger partial charge < -0.3 is 0 Å². The number of fused-ring (bicyclic) bond motifs is 9. The van der Waals surface area contributed by atoms with Gasteiger partial charge in [0.25, 0.3) is 4.75 Å². The second-order valence-corrected chi connectivity index (χ2v) is 9.35. The molecule has 142 valence electrons. The van der Waals surface area contributed by atoms with Gasteiger partial charge >= 0.3 is 12.4 Å². The molecule has 7 atom stereocenters. The number of halogens is 6. The molecule has 0 aromatic heterocycles. The van der Waals surface area contributed by atoms with E-state index in [0.717, 1.165) is 6.42 Å². The molecule has 0 aromatic carbocycles. The smallest absolute Gasteiger partial charge is 0.231 e. The molecule has 3 fully saturated rings. The molecule has 2 nitrogen and oxygen atoms in total. The standard InChI is InChI=1S/C16H18F6O2S/c17-15(18,19)14(25(23)24,16(20,21)22)6-10-4-9-5-11(10)13-8-2-1-7(3-8)12(9)13/h1-2,7-13,25H,3-6H2. The van der Waals surface area contributed by atoms with Gasteiger partial charge in [-0.1, -0.05) is 12.2 Å². The monoisotopic (exact) mass is 388 g/mol. The van der Waals surface area contributed by atoms with Crippen molar-refractivity contribution in [3.8, 4) is 0 Å². The summed E-state index contributed by atoms with van der Waals surface area (Å²) in [5, 5.41) is 0. The Morgan fingerprint density at radius 3 is 1.92 bits per heavy atom. The minimum atomic E-state index is -5.86. The Morgan fingerprint density at radius 2 is 1.40 bits per heavy atom. The van der Waals surface area contributed by atoms with E-state index in [1.54, 1.807) is 0 Å². The molecule has 9 heteroatoms. The summed E-state index contributed by atoms with van der Waals surface area (Å²) in [7, 11) is -4.73. The highest BCUT2D eigenvalue weighted by atomic mass is 32.2. The van der Waals surface area contributed by atoms with Gasteiger partial charge in [-0.25, -0.2) is 8.42 Å². The van der Waals surface area contributed by atoms with Crippen LogP contribution in [-0.2, 0) is 10.7 Å². The second-order valence-electron chi connectivity index (χ2n) is 8.08. The third kappa shape index (κ3) is 2.19. The van der Waals surface area contributed by atoms with Crippen LogP contribution in [0.1, 0.15) is 25.7 Å². The fraction of sp³-hybridized carbons (Fsp3) is 0.875. The summed E-state index contributed by atoms with van der Waals surface area (Å²) in [5.41, 5.74) is 0. The lowest BCUT2D eigenvalue weighted by molar-refractivity contribution is -0.271. The summed E-state index contributed by atoms with van der Waals surface area (Å²) in [6, 6.07) is 0. The lowest BCUT2D eigenvalue weighted by atomic mass is 9.67. The fourth-order valence-electron chi connectivity index (χ4n) is 6.44. The maximum Gasteiger partial charge on any atom is 0.416 e. The van der Waals surface area contributed by atoms with E-state index in [9.17, 15) is 34.8 Å². The average molecular weight is 388 g/mol. The molecule has 0 radical (unpaired) electrons. The van der Waals surface area contributed by atoms with Gasteiger partial charge in [0.05, 0.1) is 0 Å². The van der Waals surface area contributed by atoms with Crippen molar-refractivity contribution in [1.29, 1.82) is 0 Å². The number of rotatable bonds is 3. The topological polar surface area (TPSA) is 34.1 Å². The van der Waals surface area contributed by atoms with Crippen molar-refractivity contribution in [1.82, 2.24) is 0 Å². The molecule has 0 saturated heterocycles. The van der Waals surface area contributed by atoms with Crippen molar-refractivity contribution < 1.29 is 34.8 Å². The third-order valence-electron chi connectivity index (χ3n) is 7.21. The minimum Gasteiger partial charge on any atom is -0.231 e. The van der Waals surface area contributed by atoms with Gasteiger partial charge in [0, 0.05) is 0 Å². The van der Waals surface area contributed by atoms with Crippen LogP contribution in [0.2, 0.25) is 0 Å². The van der Waals surface area contributed by atoms with Crippen molar-refractivity contribution in [2.75, 3.05) is 0 Å². The van der Waals surface area contributed by atoms with Crippen molar-refractivity contribution in [3.05, 3.63) is 12.2 Å². The average Bonchev–Trinajstić information content (AvgIpc) is 3.19. The van der Waals surface area contributed by atoms with Crippen LogP contribution < -0.4 is 0 Å². The third-order valence-corrected chi connectivity index (χ3v) is 8.53. The molecule has 0 spiro atoms. The van der Waals surface area contributed by atoms with Crippen LogP contribution in [-0.4, -0.2) is 25.5 Å². The van der Waals surface area contributed by atoms with E-state index < -0.39 is 40.1 Å². The van der Waals surface area contributed by atoms with Gasteiger partial charge in [-0.15, -0.1) is 0 Å². The van der Waals surface area contributed by atoms with Crippen LogP contribution in [0.4, 0.5) is 26.3 Å². The first-order valence-corrected chi connectivity index (χ1v) is 9.61. The van der Waals surface area contributed by atoms with E-state index in [2.05, 4.69) is 6.08 Å². The Balaban J connectivity index is 1.66. The molecule has 25 heavy (non-hydrogen) atoms. The van der Waals surface area contributed by atoms with Gasteiger partial charge in [0.15, 0.2) is 10.7 Å². The van der Waals surface area contributed by atoms with Crippen molar-refractivity contribution >= 4 is 10.7 Å². The molecule has 7 unspecified atom stereocenters. The van der Waals surface area contributed by atoms with Crippen molar-refractivity contribution in [2.24, 2.45) is 41.4 Å². The minimum absolute atomic E-state index is 0.127. The molecule has 3 saturated carbocycles. The maximum absolute atomic E-state index is 13.3. The van der Waals surface area contributed by atoms with Crippen molar-refractivity contribution in [2.45, 2.75) is 42.8 Å². The Morgan fingerprint density at radius 1 is 0.840 bits per heavy atom. The summed E-state index contributed by atoms with van der Waals surface area (Å²) in [6.45, 7) is 0. The van der Waals surface area contributed by atoms with Gasteiger partial charge in [-0.05, 0) is 67.1 Å². The van der Waals surface area contributed by atoms with Crippen molar-refractivity contribution in [3.63, 3.8) is 0 Å². The highest BCUT2D eigenvalue weighted by molar-refractivity contribution is 7.74. The molecule has 0 N–H and O–H groups in total. The molecular weight excluding hydrogens is 370 g/mol. The van der Waals surface area contributed by atoms with E-state index in [1.165, 1.54) is 0 Å². The Bertz CT molecular complexity index is 657. The molecule has 4 aliphatic rings. The number of alkyl halides is 6. The largest absolute Gasteiger partial charge is 0.416 e. The number of thiol groups is 1. The zero-order valence-corrected chi connectivity index (χ0v) is 14.0. The van der Waals surface area contributed by atoms with E-state index in [0.29, 0.717) is 18.3 Å².